The predicted octanol–water partition coefficient (Wildman–Crippen LogP) is -1.16. The predicted molar refractivity (Wildman–Crippen MR) is 125 cm³/mol. The van der Waals surface area contributed by atoms with Gasteiger partial charge in [0.15, 0.2) is 10.8 Å². The SMILES string of the molecule is C=CC1=C(C(=O)O)N2C(=O)C(NC(=O)/C(=N\OCC(=O)O)c3csc(N)n3)C2SC1.O=S(=O)([O-])O.[NH4+]. The summed E-state index contributed by atoms with van der Waals surface area (Å²) in [6.45, 7) is 2.77. The average Bonchev–Trinajstić information content (AvgIpc) is 3.17. The molecule has 0 radical (unpaired) electrons. The van der Waals surface area contributed by atoms with Gasteiger partial charge in [0.1, 0.15) is 22.8 Å². The summed E-state index contributed by atoms with van der Waals surface area (Å²) in [5, 5.41) is 25.0. The second-order valence-electron chi connectivity index (χ2n) is 6.35. The van der Waals surface area contributed by atoms with Crippen LogP contribution in [0.3, 0.4) is 0 Å². The smallest absolute Gasteiger partial charge is 0.352 e. The van der Waals surface area contributed by atoms with E-state index in [1.165, 1.54) is 23.2 Å². The number of nitrogens with zero attached hydrogens (tertiary/aromatic N) is 3. The molecule has 2 unspecified atom stereocenters. The molecule has 0 bridgehead atoms. The van der Waals surface area contributed by atoms with Gasteiger partial charge in [0.05, 0.1) is 0 Å². The van der Waals surface area contributed by atoms with Crippen LogP contribution in [0.25, 0.3) is 0 Å². The first-order chi connectivity index (χ1) is 16.2. The van der Waals surface area contributed by atoms with E-state index in [2.05, 4.69) is 26.9 Å². The molecule has 36 heavy (non-hydrogen) atoms. The van der Waals surface area contributed by atoms with Crippen molar-refractivity contribution in [3.05, 3.63) is 35.0 Å². The van der Waals surface area contributed by atoms with Gasteiger partial charge in [-0.15, -0.1) is 23.1 Å². The number of carbonyl (C=O) groups is 4. The zero-order chi connectivity index (χ0) is 26.5. The minimum Gasteiger partial charge on any atom is -0.726 e. The first-order valence-corrected chi connectivity index (χ1v) is 12.2. The molecule has 17 nitrogen and oxygen atoms in total. The summed E-state index contributed by atoms with van der Waals surface area (Å²) in [5.41, 5.74) is 5.48. The standard InChI is InChI=1S/C16H15N5O7S2.H3N.H2O4S/c1-2-6-4-29-14-10(13(25)21(14)11(6)15(26)27)19-12(24)9(20-28-3-8(22)23)7-5-30-16(17)18-7;;1-5(2,3)4/h2,5,10,14H,1,3-4H2,(H2,17,18)(H,19,24)(H,22,23)(H,26,27);1H3;(H2,1,2,3,4)/b20-9-;;. The summed E-state index contributed by atoms with van der Waals surface area (Å²) in [6.07, 6.45) is 1.38. The van der Waals surface area contributed by atoms with E-state index in [0.29, 0.717) is 11.3 Å². The molecule has 2 amide bonds. The van der Waals surface area contributed by atoms with Crippen LogP contribution in [0.5, 0.6) is 0 Å². The molecule has 20 heteroatoms. The fourth-order valence-electron chi connectivity index (χ4n) is 2.76. The van der Waals surface area contributed by atoms with E-state index in [-0.39, 0.29) is 28.4 Å². The third-order valence-corrected chi connectivity index (χ3v) is 6.03. The number of anilines is 1. The van der Waals surface area contributed by atoms with E-state index >= 15 is 0 Å². The number of carboxylic acid groups (broad SMARTS) is 2. The number of thiazole rings is 1. The lowest BCUT2D eigenvalue weighted by atomic mass is 10.0. The first kappa shape index (κ1) is 30.5. The van der Waals surface area contributed by atoms with Gasteiger partial charge in [0, 0.05) is 11.1 Å². The van der Waals surface area contributed by atoms with Gasteiger partial charge in [-0.05, 0) is 5.57 Å². The van der Waals surface area contributed by atoms with E-state index < -0.39 is 52.2 Å². The van der Waals surface area contributed by atoms with E-state index in [4.69, 9.17) is 28.4 Å². The van der Waals surface area contributed by atoms with Gasteiger partial charge >= 0.3 is 11.9 Å². The van der Waals surface area contributed by atoms with Crippen LogP contribution in [0.4, 0.5) is 5.13 Å². The topological polar surface area (TPSA) is 298 Å². The number of β-lactam (4-membered cyclic amide) rings is 1. The fourth-order valence-corrected chi connectivity index (χ4v) is 4.65. The van der Waals surface area contributed by atoms with Crippen molar-refractivity contribution in [1.29, 1.82) is 0 Å². The monoisotopic (exact) mass is 568 g/mol. The quantitative estimate of drug-likeness (QED) is 0.0708. The lowest BCUT2D eigenvalue weighted by Gasteiger charge is -2.49. The van der Waals surface area contributed by atoms with Crippen LogP contribution in [0.2, 0.25) is 0 Å². The summed E-state index contributed by atoms with van der Waals surface area (Å²) in [5.74, 6) is -3.72. The highest BCUT2D eigenvalue weighted by Crippen LogP contribution is 2.40. The molecule has 0 saturated carbocycles. The number of nitrogen functional groups attached to an aromatic ring is 1. The summed E-state index contributed by atoms with van der Waals surface area (Å²) in [4.78, 5) is 57.1. The number of amides is 2. The number of fused-ring (bicyclic) bond motifs is 1. The molecular weight excluding hydrogens is 548 g/mol. The summed E-state index contributed by atoms with van der Waals surface area (Å²) in [7, 11) is -4.92. The third kappa shape index (κ3) is 7.73. The van der Waals surface area contributed by atoms with Gasteiger partial charge in [0.2, 0.25) is 17.0 Å². The number of aliphatic carboxylic acids is 2. The Morgan fingerprint density at radius 1 is 1.42 bits per heavy atom. The zero-order valence-electron chi connectivity index (χ0n) is 18.2. The molecule has 3 rings (SSSR count). The summed E-state index contributed by atoms with van der Waals surface area (Å²) < 4.78 is 32.8. The number of rotatable bonds is 8. The fraction of sp³-hybridized carbons (Fsp3) is 0.250. The molecule has 3 heterocycles. The molecule has 2 aliphatic rings. The lowest BCUT2D eigenvalue weighted by Crippen LogP contribution is -2.71. The van der Waals surface area contributed by atoms with E-state index in [1.807, 2.05) is 0 Å². The number of hydrogen-bond donors (Lipinski definition) is 6. The zero-order valence-corrected chi connectivity index (χ0v) is 20.6. The van der Waals surface area contributed by atoms with Gasteiger partial charge in [-0.3, -0.25) is 19.0 Å². The van der Waals surface area contributed by atoms with Crippen molar-refractivity contribution in [3.8, 4) is 0 Å². The Balaban J connectivity index is 0.000000983. The van der Waals surface area contributed by atoms with Crippen molar-refractivity contribution in [3.63, 3.8) is 0 Å². The van der Waals surface area contributed by atoms with E-state index in [0.717, 1.165) is 16.2 Å². The largest absolute Gasteiger partial charge is 0.726 e. The maximum atomic E-state index is 12.7. The Kier molecular flexibility index (Phi) is 10.5. The molecule has 1 aromatic rings. The van der Waals surface area contributed by atoms with Crippen LogP contribution < -0.4 is 17.2 Å². The number of nitrogens with one attached hydrogen (secondary N) is 1. The van der Waals surface area contributed by atoms with Gasteiger partial charge < -0.3 is 36.8 Å². The normalized spacial score (nSPS) is 19.0. The molecule has 1 aromatic heterocycles. The number of carbonyl (C=O) groups excluding carboxylic acids is 2. The molecular formula is C16H20N6O11S3. The second-order valence-corrected chi connectivity index (χ2v) is 9.20. The lowest BCUT2D eigenvalue weighted by molar-refractivity contribution is -0.150. The number of allylic oxidation sites excluding steroid dienone is 1. The number of aromatic nitrogens is 1. The van der Waals surface area contributed by atoms with Crippen molar-refractivity contribution in [1.82, 2.24) is 21.4 Å². The highest BCUT2D eigenvalue weighted by molar-refractivity contribution is 8.00. The number of nitrogens with two attached hydrogens (primary N) is 1. The maximum Gasteiger partial charge on any atom is 0.352 e. The van der Waals surface area contributed by atoms with Gasteiger partial charge in [-0.25, -0.2) is 23.0 Å². The molecule has 0 spiro atoms. The molecule has 1 fully saturated rings. The van der Waals surface area contributed by atoms with E-state index in [9.17, 15) is 24.3 Å². The maximum absolute atomic E-state index is 12.7. The van der Waals surface area contributed by atoms with Crippen LogP contribution >= 0.6 is 23.1 Å². The Labute approximate surface area is 210 Å². The number of oxime groups is 1. The first-order valence-electron chi connectivity index (χ1n) is 8.90. The van der Waals surface area contributed by atoms with Crippen molar-refractivity contribution < 1.29 is 51.8 Å². The Hall–Kier alpha value is -3.56. The van der Waals surface area contributed by atoms with Crippen LogP contribution in [0, 0.1) is 0 Å². The van der Waals surface area contributed by atoms with Gasteiger partial charge in [-0.1, -0.05) is 17.8 Å². The van der Waals surface area contributed by atoms with Crippen molar-refractivity contribution >= 4 is 68.1 Å². The summed E-state index contributed by atoms with van der Waals surface area (Å²) >= 11 is 2.30. The minimum absolute atomic E-state index is 0. The average molecular weight is 569 g/mol. The Bertz CT molecular complexity index is 1220. The highest BCUT2D eigenvalue weighted by Gasteiger charge is 2.54. The number of carboxylic acids is 2. The van der Waals surface area contributed by atoms with Crippen LogP contribution in [0.15, 0.2) is 34.5 Å². The molecule has 1 saturated heterocycles. The van der Waals surface area contributed by atoms with E-state index in [1.54, 1.807) is 0 Å². The van der Waals surface area contributed by atoms with Crippen molar-refractivity contribution in [2.75, 3.05) is 18.1 Å². The number of hydrogen-bond acceptors (Lipinski definition) is 13. The third-order valence-electron chi connectivity index (χ3n) is 4.06. The molecule has 198 valence electrons. The number of quaternary nitrogens is 1. The van der Waals surface area contributed by atoms with Crippen LogP contribution in [-0.2, 0) is 34.4 Å². The Morgan fingerprint density at radius 3 is 2.50 bits per heavy atom. The van der Waals surface area contributed by atoms with Gasteiger partial charge in [0.25, 0.3) is 11.8 Å². The molecule has 10 N–H and O–H groups in total. The number of thioether (sulfide) groups is 1. The molecule has 0 aromatic carbocycles. The second kappa shape index (κ2) is 12.4. The molecule has 0 aliphatic carbocycles. The van der Waals surface area contributed by atoms with Crippen molar-refractivity contribution in [2.45, 2.75) is 11.4 Å². The van der Waals surface area contributed by atoms with Crippen molar-refractivity contribution in [2.24, 2.45) is 5.16 Å². The Morgan fingerprint density at radius 2 is 2.03 bits per heavy atom. The van der Waals surface area contributed by atoms with Crippen LogP contribution in [-0.4, -0.2) is 90.9 Å². The summed E-state index contributed by atoms with van der Waals surface area (Å²) in [6, 6.07) is -1.01. The molecule has 2 atom stereocenters. The minimum atomic E-state index is -4.92. The van der Waals surface area contributed by atoms with Crippen LogP contribution in [0.1, 0.15) is 5.69 Å². The highest BCUT2D eigenvalue weighted by atomic mass is 32.3. The molecule has 2 aliphatic heterocycles. The van der Waals surface area contributed by atoms with Gasteiger partial charge in [-0.2, -0.15) is 0 Å².